The predicted molar refractivity (Wildman–Crippen MR) is 63.4 cm³/mol. The van der Waals surface area contributed by atoms with Gasteiger partial charge in [0, 0.05) is 0 Å². The summed E-state index contributed by atoms with van der Waals surface area (Å²) in [5.74, 6) is -1.33. The summed E-state index contributed by atoms with van der Waals surface area (Å²) in [7, 11) is 0. The molecule has 1 aromatic carbocycles. The van der Waals surface area contributed by atoms with Crippen molar-refractivity contribution in [3.05, 3.63) is 46.0 Å². The maximum Gasteiger partial charge on any atom is 0.416 e. The van der Waals surface area contributed by atoms with E-state index in [4.69, 9.17) is 4.42 Å². The second kappa shape index (κ2) is 4.99. The molecule has 0 bridgehead atoms. The van der Waals surface area contributed by atoms with Crippen LogP contribution in [0.5, 0.6) is 0 Å². The fourth-order valence-corrected chi connectivity index (χ4v) is 1.67. The highest BCUT2D eigenvalue weighted by molar-refractivity contribution is 5.92. The lowest BCUT2D eigenvalue weighted by atomic mass is 10.1. The van der Waals surface area contributed by atoms with Gasteiger partial charge < -0.3 is 9.15 Å². The zero-order valence-corrected chi connectivity index (χ0v) is 10.3. The molecule has 0 saturated heterocycles. The molecule has 0 unspecified atom stereocenters. The molecule has 7 heteroatoms. The number of halogens is 3. The molecule has 0 saturated carbocycles. The standard InChI is InChI=1S/C13H9F3O4/c1-2-19-12(18)10-6-7-5-8(13(14,15)16)3-4-9(7)11(17)20-10/h3-6H,2H2,1H3. The number of hydrogen-bond donors (Lipinski definition) is 0. The maximum atomic E-state index is 12.6. The molecule has 0 aliphatic carbocycles. The normalized spacial score (nSPS) is 11.6. The van der Waals surface area contributed by atoms with Gasteiger partial charge in [0.1, 0.15) is 0 Å². The second-order valence-electron chi connectivity index (χ2n) is 3.92. The SMILES string of the molecule is CCOC(=O)c1cc2cc(C(F)(F)F)ccc2c(=O)o1. The number of esters is 1. The van der Waals surface area contributed by atoms with Crippen LogP contribution in [0.1, 0.15) is 23.0 Å². The number of fused-ring (bicyclic) bond motifs is 1. The van der Waals surface area contributed by atoms with E-state index < -0.39 is 29.1 Å². The molecule has 0 aliphatic rings. The molecule has 0 atom stereocenters. The molecule has 1 heterocycles. The van der Waals surface area contributed by atoms with E-state index in [-0.39, 0.29) is 17.4 Å². The molecular weight excluding hydrogens is 277 g/mol. The molecule has 0 radical (unpaired) electrons. The molecule has 0 spiro atoms. The quantitative estimate of drug-likeness (QED) is 0.796. The lowest BCUT2D eigenvalue weighted by Gasteiger charge is -2.07. The van der Waals surface area contributed by atoms with Crippen LogP contribution in [0.3, 0.4) is 0 Å². The molecule has 2 rings (SSSR count). The monoisotopic (exact) mass is 286 g/mol. The molecule has 106 valence electrons. The van der Waals surface area contributed by atoms with Crippen molar-refractivity contribution in [2.24, 2.45) is 0 Å². The minimum Gasteiger partial charge on any atom is -0.460 e. The Hall–Kier alpha value is -2.31. The highest BCUT2D eigenvalue weighted by Gasteiger charge is 2.30. The van der Waals surface area contributed by atoms with Crippen LogP contribution in [-0.4, -0.2) is 12.6 Å². The van der Waals surface area contributed by atoms with E-state index in [2.05, 4.69) is 4.74 Å². The first-order chi connectivity index (χ1) is 9.32. The third kappa shape index (κ3) is 2.66. The zero-order chi connectivity index (χ0) is 14.9. The largest absolute Gasteiger partial charge is 0.460 e. The number of benzene rings is 1. The van der Waals surface area contributed by atoms with Crippen LogP contribution in [-0.2, 0) is 10.9 Å². The molecule has 20 heavy (non-hydrogen) atoms. The summed E-state index contributed by atoms with van der Waals surface area (Å²) in [6.45, 7) is 1.61. The van der Waals surface area contributed by atoms with E-state index in [1.54, 1.807) is 6.92 Å². The highest BCUT2D eigenvalue weighted by atomic mass is 19.4. The average molecular weight is 286 g/mol. The van der Waals surface area contributed by atoms with Crippen molar-refractivity contribution in [2.75, 3.05) is 6.61 Å². The molecule has 0 fully saturated rings. The van der Waals surface area contributed by atoms with Crippen molar-refractivity contribution in [1.82, 2.24) is 0 Å². The summed E-state index contributed by atoms with van der Waals surface area (Å²) < 4.78 is 47.2. The van der Waals surface area contributed by atoms with Crippen molar-refractivity contribution in [2.45, 2.75) is 13.1 Å². The lowest BCUT2D eigenvalue weighted by Crippen LogP contribution is -2.11. The van der Waals surface area contributed by atoms with Gasteiger partial charge in [-0.2, -0.15) is 13.2 Å². The van der Waals surface area contributed by atoms with Crippen molar-refractivity contribution in [1.29, 1.82) is 0 Å². The third-order valence-electron chi connectivity index (χ3n) is 2.56. The summed E-state index contributed by atoms with van der Waals surface area (Å²) in [6.07, 6.45) is -4.53. The molecule has 0 aliphatic heterocycles. The fraction of sp³-hybridized carbons (Fsp3) is 0.231. The smallest absolute Gasteiger partial charge is 0.416 e. The van der Waals surface area contributed by atoms with E-state index in [0.29, 0.717) is 0 Å². The van der Waals surface area contributed by atoms with Gasteiger partial charge in [-0.15, -0.1) is 0 Å². The van der Waals surface area contributed by atoms with Gasteiger partial charge in [-0.1, -0.05) is 0 Å². The van der Waals surface area contributed by atoms with Gasteiger partial charge in [0.05, 0.1) is 17.6 Å². The Morgan fingerprint density at radius 2 is 2.00 bits per heavy atom. The zero-order valence-electron chi connectivity index (χ0n) is 10.3. The summed E-state index contributed by atoms with van der Waals surface area (Å²) in [6, 6.07) is 3.64. The number of hydrogen-bond acceptors (Lipinski definition) is 4. The molecule has 2 aromatic rings. The van der Waals surface area contributed by atoms with Crippen LogP contribution in [0.4, 0.5) is 13.2 Å². The Morgan fingerprint density at radius 1 is 1.30 bits per heavy atom. The van der Waals surface area contributed by atoms with Crippen LogP contribution < -0.4 is 5.63 Å². The van der Waals surface area contributed by atoms with Crippen LogP contribution in [0.2, 0.25) is 0 Å². The Morgan fingerprint density at radius 3 is 2.60 bits per heavy atom. The van der Waals surface area contributed by atoms with Crippen molar-refractivity contribution >= 4 is 16.7 Å². The highest BCUT2D eigenvalue weighted by Crippen LogP contribution is 2.31. The minimum atomic E-state index is -4.53. The lowest BCUT2D eigenvalue weighted by molar-refractivity contribution is -0.137. The van der Waals surface area contributed by atoms with Gasteiger partial charge in [-0.05, 0) is 36.6 Å². The summed E-state index contributed by atoms with van der Waals surface area (Å²) in [4.78, 5) is 23.1. The van der Waals surface area contributed by atoms with Gasteiger partial charge in [0.15, 0.2) is 0 Å². The van der Waals surface area contributed by atoms with Gasteiger partial charge in [0.25, 0.3) is 0 Å². The number of carbonyl (C=O) groups excluding carboxylic acids is 1. The third-order valence-corrected chi connectivity index (χ3v) is 2.56. The van der Waals surface area contributed by atoms with E-state index in [1.165, 1.54) is 0 Å². The number of carbonyl (C=O) groups is 1. The van der Waals surface area contributed by atoms with E-state index in [1.807, 2.05) is 0 Å². The Bertz CT molecular complexity index is 716. The molecule has 1 aromatic heterocycles. The van der Waals surface area contributed by atoms with Crippen LogP contribution in [0.25, 0.3) is 10.8 Å². The van der Waals surface area contributed by atoms with E-state index in [0.717, 1.165) is 24.3 Å². The molecular formula is C13H9F3O4. The Labute approximate surface area is 110 Å². The first-order valence-electron chi connectivity index (χ1n) is 5.65. The maximum absolute atomic E-state index is 12.6. The first kappa shape index (κ1) is 14.1. The summed E-state index contributed by atoms with van der Waals surface area (Å²) in [5.41, 5.74) is -1.80. The fourth-order valence-electron chi connectivity index (χ4n) is 1.67. The minimum absolute atomic E-state index is 0.0286. The Balaban J connectivity index is 2.62. The number of alkyl halides is 3. The molecule has 4 nitrogen and oxygen atoms in total. The molecule has 0 amide bonds. The number of rotatable bonds is 2. The second-order valence-corrected chi connectivity index (χ2v) is 3.92. The van der Waals surface area contributed by atoms with Crippen molar-refractivity contribution in [3.63, 3.8) is 0 Å². The van der Waals surface area contributed by atoms with Gasteiger partial charge in [-0.3, -0.25) is 0 Å². The van der Waals surface area contributed by atoms with Crippen molar-refractivity contribution < 1.29 is 27.1 Å². The molecule has 0 N–H and O–H groups in total. The van der Waals surface area contributed by atoms with E-state index in [9.17, 15) is 22.8 Å². The summed E-state index contributed by atoms with van der Waals surface area (Å²) >= 11 is 0. The first-order valence-corrected chi connectivity index (χ1v) is 5.65. The van der Waals surface area contributed by atoms with E-state index >= 15 is 0 Å². The van der Waals surface area contributed by atoms with Crippen LogP contribution in [0.15, 0.2) is 33.5 Å². The summed E-state index contributed by atoms with van der Waals surface area (Å²) in [5, 5.41) is -0.0647. The van der Waals surface area contributed by atoms with Gasteiger partial charge in [0.2, 0.25) is 5.76 Å². The average Bonchev–Trinajstić information content (AvgIpc) is 2.37. The van der Waals surface area contributed by atoms with Crippen LogP contribution >= 0.6 is 0 Å². The Kier molecular flexibility index (Phi) is 3.52. The van der Waals surface area contributed by atoms with Crippen LogP contribution in [0, 0.1) is 0 Å². The number of ether oxygens (including phenoxy) is 1. The van der Waals surface area contributed by atoms with Gasteiger partial charge >= 0.3 is 17.8 Å². The van der Waals surface area contributed by atoms with Gasteiger partial charge in [-0.25, -0.2) is 9.59 Å². The predicted octanol–water partition coefficient (Wildman–Crippen LogP) is 2.99. The van der Waals surface area contributed by atoms with Crippen molar-refractivity contribution in [3.8, 4) is 0 Å². The topological polar surface area (TPSA) is 56.5 Å².